The molecule has 1 aliphatic carbocycles. The Morgan fingerprint density at radius 1 is 0.500 bits per heavy atom. The molecule has 370 valence electrons. The van der Waals surface area contributed by atoms with Gasteiger partial charge in [0.2, 0.25) is 0 Å². The van der Waals surface area contributed by atoms with E-state index >= 15 is 0 Å². The third-order valence-electron chi connectivity index (χ3n) is 17.5. The Kier molecular flexibility index (Phi) is 9.18. The van der Waals surface area contributed by atoms with Gasteiger partial charge in [0.1, 0.15) is 5.82 Å². The molecule has 0 N–H and O–H groups in total. The van der Waals surface area contributed by atoms with E-state index in [-0.39, 0.29) is 28.5 Å². The predicted octanol–water partition coefficient (Wildman–Crippen LogP) is 17.6. The van der Waals surface area contributed by atoms with Crippen LogP contribution in [0.4, 0.5) is 11.4 Å². The summed E-state index contributed by atoms with van der Waals surface area (Å²) in [5.41, 5.74) is 24.9. The van der Waals surface area contributed by atoms with Crippen LogP contribution in [0, 0.1) is 0 Å². The van der Waals surface area contributed by atoms with Crippen molar-refractivity contribution in [3.63, 3.8) is 0 Å². The summed E-state index contributed by atoms with van der Waals surface area (Å²) in [6.07, 6.45) is 0. The van der Waals surface area contributed by atoms with E-state index < -0.39 is 0 Å². The van der Waals surface area contributed by atoms with Crippen LogP contribution in [0.5, 0.6) is 0 Å². The molecule has 2 aliphatic heterocycles. The van der Waals surface area contributed by atoms with Crippen LogP contribution in [0.15, 0.2) is 170 Å². The summed E-state index contributed by atoms with van der Waals surface area (Å²) >= 11 is 1.97. The van der Waals surface area contributed by atoms with Gasteiger partial charge in [0, 0.05) is 70.2 Å². The minimum absolute atomic E-state index is 0.00529. The monoisotopic (exact) mass is 1000 g/mol. The van der Waals surface area contributed by atoms with Crippen LogP contribution in [-0.4, -0.2) is 21.0 Å². The number of fused-ring (bicyclic) bond motifs is 17. The largest absolute Gasteiger partial charge is 0.376 e. The molecule has 0 radical (unpaired) electrons. The van der Waals surface area contributed by atoms with Crippen LogP contribution in [0.1, 0.15) is 104 Å². The normalized spacial score (nSPS) is 14.6. The van der Waals surface area contributed by atoms with E-state index in [0.29, 0.717) is 0 Å². The van der Waals surface area contributed by atoms with E-state index in [1.807, 2.05) is 11.3 Å². The highest BCUT2D eigenvalue weighted by Gasteiger charge is 2.48. The molecule has 76 heavy (non-hydrogen) atoms. The molecule has 15 rings (SSSR count). The van der Waals surface area contributed by atoms with E-state index in [0.717, 1.165) is 28.1 Å². The zero-order chi connectivity index (χ0) is 52.1. The third kappa shape index (κ3) is 6.22. The molecule has 0 fully saturated rings. The summed E-state index contributed by atoms with van der Waals surface area (Å²) in [6.45, 7) is 25.7. The van der Waals surface area contributed by atoms with Crippen molar-refractivity contribution in [2.75, 3.05) is 4.81 Å². The zero-order valence-electron chi connectivity index (χ0n) is 45.4. The molecular formula is C70H61BN4S. The fourth-order valence-corrected chi connectivity index (χ4v) is 14.8. The summed E-state index contributed by atoms with van der Waals surface area (Å²) in [5.74, 6) is 0.932. The van der Waals surface area contributed by atoms with Crippen LogP contribution in [0.25, 0.3) is 98.0 Å². The lowest BCUT2D eigenvalue weighted by molar-refractivity contribution is 0.584. The van der Waals surface area contributed by atoms with Gasteiger partial charge in [0.05, 0.1) is 22.1 Å². The quantitative estimate of drug-likeness (QED) is 0.165. The number of aromatic nitrogens is 3. The lowest BCUT2D eigenvalue weighted by Crippen LogP contribution is -2.60. The lowest BCUT2D eigenvalue weighted by atomic mass is 9.43. The minimum atomic E-state index is -0.224. The van der Waals surface area contributed by atoms with Gasteiger partial charge in [-0.15, -0.1) is 11.3 Å². The number of rotatable bonds is 3. The fraction of sp³-hybridized carbons (Fsp3) is 0.214. The summed E-state index contributed by atoms with van der Waals surface area (Å²) in [6, 6.07) is 65.1. The Hall–Kier alpha value is -7.67. The number of hydrogen-bond donors (Lipinski definition) is 0. The molecule has 0 saturated heterocycles. The first kappa shape index (κ1) is 45.7. The van der Waals surface area contributed by atoms with Crippen molar-refractivity contribution in [1.29, 1.82) is 0 Å². The Morgan fingerprint density at radius 3 is 1.87 bits per heavy atom. The predicted molar refractivity (Wildman–Crippen MR) is 326 cm³/mol. The van der Waals surface area contributed by atoms with Gasteiger partial charge in [-0.1, -0.05) is 179 Å². The van der Waals surface area contributed by atoms with Gasteiger partial charge in [0.15, 0.2) is 0 Å². The topological polar surface area (TPSA) is 26.0 Å². The van der Waals surface area contributed by atoms with E-state index in [2.05, 4.69) is 260 Å². The number of benzene rings is 9. The maximum atomic E-state index is 5.68. The summed E-state index contributed by atoms with van der Waals surface area (Å²) in [4.78, 5) is 8.42. The van der Waals surface area contributed by atoms with Crippen molar-refractivity contribution in [1.82, 2.24) is 14.1 Å². The number of thiophene rings is 1. The fourth-order valence-electron chi connectivity index (χ4n) is 13.5. The van der Waals surface area contributed by atoms with E-state index in [4.69, 9.17) is 4.98 Å². The SMILES string of the molecule is CC(C)(C)c1ccc(N2B3c4cc5nc(-c6ccccc6)n(-c6ccccc6)c5cc4-n4c5ccc(C(C)(C)C)cc5c5c6sc7ccccc7c6c(c3c54)-c3cc4c(cc32)-c2ccc(C(C)(C)C)cc2C4(C)C)cc1. The van der Waals surface area contributed by atoms with Crippen molar-refractivity contribution in [3.05, 3.63) is 198 Å². The van der Waals surface area contributed by atoms with Gasteiger partial charge in [0.25, 0.3) is 0 Å². The summed E-state index contributed by atoms with van der Waals surface area (Å²) in [5, 5.41) is 5.35. The maximum absolute atomic E-state index is 5.68. The molecule has 0 spiro atoms. The molecule has 0 amide bonds. The van der Waals surface area contributed by atoms with Crippen molar-refractivity contribution in [3.8, 4) is 45.0 Å². The molecule has 0 atom stereocenters. The first-order chi connectivity index (χ1) is 36.4. The van der Waals surface area contributed by atoms with Gasteiger partial charge in [-0.3, -0.25) is 4.57 Å². The Balaban J connectivity index is 1.15. The lowest BCUT2D eigenvalue weighted by Gasteiger charge is -2.43. The molecule has 12 aromatic rings. The molecule has 5 heterocycles. The number of para-hydroxylation sites is 1. The first-order valence-electron chi connectivity index (χ1n) is 27.2. The van der Waals surface area contributed by atoms with Crippen molar-refractivity contribution in [2.24, 2.45) is 0 Å². The second-order valence-corrected chi connectivity index (χ2v) is 26.7. The molecule has 3 aliphatic rings. The van der Waals surface area contributed by atoms with Crippen molar-refractivity contribution < 1.29 is 0 Å². The molecule has 0 saturated carbocycles. The highest BCUT2D eigenvalue weighted by atomic mass is 32.1. The third-order valence-corrected chi connectivity index (χ3v) is 18.7. The van der Waals surface area contributed by atoms with Gasteiger partial charge >= 0.3 is 6.85 Å². The second kappa shape index (κ2) is 15.3. The Labute approximate surface area is 450 Å². The number of imidazole rings is 1. The Morgan fingerprint density at radius 2 is 1.14 bits per heavy atom. The number of anilines is 2. The number of nitrogens with zero attached hydrogens (tertiary/aromatic N) is 4. The van der Waals surface area contributed by atoms with Crippen molar-refractivity contribution >= 4 is 93.5 Å². The molecule has 0 unspecified atom stereocenters. The minimum Gasteiger partial charge on any atom is -0.376 e. The van der Waals surface area contributed by atoms with Crippen LogP contribution in [-0.2, 0) is 21.7 Å². The summed E-state index contributed by atoms with van der Waals surface area (Å²) < 4.78 is 7.73. The van der Waals surface area contributed by atoms with Crippen LogP contribution in [0.3, 0.4) is 0 Å². The van der Waals surface area contributed by atoms with Crippen molar-refractivity contribution in [2.45, 2.75) is 97.8 Å². The number of hydrogen-bond acceptors (Lipinski definition) is 3. The Bertz CT molecular complexity index is 4470. The van der Waals surface area contributed by atoms with Gasteiger partial charge < -0.3 is 9.38 Å². The van der Waals surface area contributed by atoms with Gasteiger partial charge in [-0.05, 0) is 138 Å². The maximum Gasteiger partial charge on any atom is 0.333 e. The molecule has 4 nitrogen and oxygen atoms in total. The van der Waals surface area contributed by atoms with Crippen LogP contribution < -0.4 is 15.7 Å². The molecule has 9 aromatic carbocycles. The summed E-state index contributed by atoms with van der Waals surface area (Å²) in [7, 11) is 0. The van der Waals surface area contributed by atoms with Gasteiger partial charge in [-0.2, -0.15) is 0 Å². The van der Waals surface area contributed by atoms with E-state index in [1.54, 1.807) is 0 Å². The standard InChI is InChI=1S/C70H61BN4S/c1-67(2,3)41-26-30-45(31-27-41)75-56-37-48-46-32-28-43(69(7,8)9)35-51(46)70(10,11)52(48)36-50(56)60-61-47-24-18-19-25-59(47)76-65(61)62-49-34-42(68(4,5)6)29-33-55(49)74-57-39-58-54(38-53(57)71(75)63(60)64(62)74)72-66(40-20-14-12-15-21-40)73(58)44-22-16-13-17-23-44/h12-39H,1-11H3. The van der Waals surface area contributed by atoms with Crippen LogP contribution in [0.2, 0.25) is 0 Å². The molecule has 6 heteroatoms. The highest BCUT2D eigenvalue weighted by Crippen LogP contribution is 2.58. The first-order valence-corrected chi connectivity index (χ1v) is 28.1. The smallest absolute Gasteiger partial charge is 0.333 e. The van der Waals surface area contributed by atoms with Crippen LogP contribution >= 0.6 is 11.3 Å². The highest BCUT2D eigenvalue weighted by molar-refractivity contribution is 7.27. The van der Waals surface area contributed by atoms with Gasteiger partial charge in [-0.25, -0.2) is 4.98 Å². The molecule has 3 aromatic heterocycles. The van der Waals surface area contributed by atoms with E-state index in [9.17, 15) is 0 Å². The zero-order valence-corrected chi connectivity index (χ0v) is 46.3. The second-order valence-electron chi connectivity index (χ2n) is 25.6. The molecular weight excluding hydrogens is 940 g/mol. The van der Waals surface area contributed by atoms with E-state index in [1.165, 1.54) is 120 Å². The average molecular weight is 1000 g/mol. The molecule has 0 bridgehead atoms. The average Bonchev–Trinajstić information content (AvgIpc) is 4.24.